The van der Waals surface area contributed by atoms with E-state index in [0.717, 1.165) is 22.1 Å². The van der Waals surface area contributed by atoms with E-state index in [4.69, 9.17) is 11.6 Å². The maximum absolute atomic E-state index is 14.5. The Balaban J connectivity index is 2.56. The van der Waals surface area contributed by atoms with Crippen molar-refractivity contribution in [1.29, 1.82) is 0 Å². The Morgan fingerprint density at radius 2 is 1.95 bits per heavy atom. The van der Waals surface area contributed by atoms with E-state index in [2.05, 4.69) is 37.2 Å². The average Bonchev–Trinajstić information content (AvgIpc) is 2.42. The third-order valence-electron chi connectivity index (χ3n) is 3.18. The molecule has 1 atom stereocenters. The van der Waals surface area contributed by atoms with Gasteiger partial charge in [-0.05, 0) is 58.7 Å². The number of rotatable bonds is 4. The minimum Gasteiger partial charge on any atom is -0.306 e. The van der Waals surface area contributed by atoms with Gasteiger partial charge in [-0.2, -0.15) is 0 Å². The summed E-state index contributed by atoms with van der Waals surface area (Å²) in [6.45, 7) is 4.74. The monoisotopic (exact) mass is 433 g/mol. The van der Waals surface area contributed by atoms with Crippen molar-refractivity contribution < 1.29 is 4.39 Å². The summed E-state index contributed by atoms with van der Waals surface area (Å²) < 4.78 is 16.0. The molecule has 2 aromatic carbocycles. The van der Waals surface area contributed by atoms with Gasteiger partial charge in [-0.3, -0.25) is 0 Å². The molecule has 0 aromatic heterocycles. The molecule has 0 saturated heterocycles. The molecule has 0 bridgehead atoms. The van der Waals surface area contributed by atoms with Crippen molar-refractivity contribution in [1.82, 2.24) is 5.32 Å². The van der Waals surface area contributed by atoms with E-state index in [-0.39, 0.29) is 11.1 Å². The Labute approximate surface area is 146 Å². The topological polar surface area (TPSA) is 12.0 Å². The highest BCUT2D eigenvalue weighted by molar-refractivity contribution is 9.10. The van der Waals surface area contributed by atoms with Crippen LogP contribution in [-0.4, -0.2) is 6.54 Å². The first-order valence-electron chi connectivity index (χ1n) is 6.58. The third-order valence-corrected chi connectivity index (χ3v) is 4.90. The van der Waals surface area contributed by atoms with Gasteiger partial charge in [-0.1, -0.05) is 46.6 Å². The van der Waals surface area contributed by atoms with Crippen molar-refractivity contribution >= 4 is 43.5 Å². The van der Waals surface area contributed by atoms with Crippen molar-refractivity contribution in [3.05, 3.63) is 66.8 Å². The predicted molar refractivity (Wildman–Crippen MR) is 93.5 cm³/mol. The Morgan fingerprint density at radius 3 is 2.57 bits per heavy atom. The van der Waals surface area contributed by atoms with Crippen molar-refractivity contribution in [2.75, 3.05) is 6.54 Å². The Morgan fingerprint density at radius 1 is 1.24 bits per heavy atom. The van der Waals surface area contributed by atoms with Crippen LogP contribution in [0.15, 0.2) is 39.3 Å². The molecule has 2 aromatic rings. The Kier molecular flexibility index (Phi) is 5.83. The van der Waals surface area contributed by atoms with Gasteiger partial charge in [0.25, 0.3) is 0 Å². The molecule has 0 heterocycles. The number of halogens is 4. The normalized spacial score (nSPS) is 12.5. The van der Waals surface area contributed by atoms with Gasteiger partial charge in [0.05, 0.1) is 11.1 Å². The highest BCUT2D eigenvalue weighted by atomic mass is 79.9. The zero-order valence-electron chi connectivity index (χ0n) is 11.7. The molecule has 1 N–H and O–H groups in total. The molecule has 0 aliphatic carbocycles. The van der Waals surface area contributed by atoms with E-state index >= 15 is 0 Å². The minimum atomic E-state index is -0.394. The van der Waals surface area contributed by atoms with Crippen LogP contribution in [-0.2, 0) is 0 Å². The summed E-state index contributed by atoms with van der Waals surface area (Å²) in [5.74, 6) is -0.394. The zero-order chi connectivity index (χ0) is 15.6. The standard InChI is InChI=1S/C16H15Br2ClFN/c1-3-21-16(10-6-9(2)7-11(17)8-10)12-4-5-13(18)14(19)15(12)20/h4-8,16,21H,3H2,1-2H3. The Hall–Kier alpha value is -0.420. The second kappa shape index (κ2) is 7.23. The summed E-state index contributed by atoms with van der Waals surface area (Å²) in [6, 6.07) is 9.36. The molecule has 5 heteroatoms. The fourth-order valence-corrected chi connectivity index (χ4v) is 3.41. The molecule has 1 unspecified atom stereocenters. The lowest BCUT2D eigenvalue weighted by Crippen LogP contribution is -2.23. The first-order valence-corrected chi connectivity index (χ1v) is 8.54. The fourth-order valence-electron chi connectivity index (χ4n) is 2.31. The van der Waals surface area contributed by atoms with Crippen molar-refractivity contribution in [2.24, 2.45) is 0 Å². The predicted octanol–water partition coefficient (Wildman–Crippen LogP) is 6.01. The largest absolute Gasteiger partial charge is 0.306 e. The van der Waals surface area contributed by atoms with Gasteiger partial charge in [0.1, 0.15) is 5.82 Å². The van der Waals surface area contributed by atoms with E-state index in [0.29, 0.717) is 10.0 Å². The van der Waals surface area contributed by atoms with E-state index in [1.165, 1.54) is 0 Å². The van der Waals surface area contributed by atoms with Crippen LogP contribution in [0.5, 0.6) is 0 Å². The first-order chi connectivity index (χ1) is 9.93. The van der Waals surface area contributed by atoms with Crippen molar-refractivity contribution in [2.45, 2.75) is 19.9 Å². The summed E-state index contributed by atoms with van der Waals surface area (Å²) >= 11 is 12.8. The number of hydrogen-bond acceptors (Lipinski definition) is 1. The SMILES string of the molecule is CCNC(c1cc(C)cc(Br)c1)c1ccc(Br)c(Cl)c1F. The highest BCUT2D eigenvalue weighted by Crippen LogP contribution is 2.34. The average molecular weight is 436 g/mol. The smallest absolute Gasteiger partial charge is 0.148 e. The molecular formula is C16H15Br2ClFN. The molecule has 0 amide bonds. The zero-order valence-corrected chi connectivity index (χ0v) is 15.6. The van der Waals surface area contributed by atoms with Crippen LogP contribution in [0.4, 0.5) is 4.39 Å². The van der Waals surface area contributed by atoms with Crippen LogP contribution in [0.3, 0.4) is 0 Å². The number of aryl methyl sites for hydroxylation is 1. The van der Waals surface area contributed by atoms with Crippen molar-refractivity contribution in [3.63, 3.8) is 0 Å². The van der Waals surface area contributed by atoms with Crippen LogP contribution >= 0.6 is 43.5 Å². The van der Waals surface area contributed by atoms with Gasteiger partial charge in [-0.15, -0.1) is 0 Å². The second-order valence-electron chi connectivity index (χ2n) is 4.82. The van der Waals surface area contributed by atoms with E-state index < -0.39 is 5.82 Å². The first kappa shape index (κ1) is 16.9. The van der Waals surface area contributed by atoms with Crippen LogP contribution in [0.25, 0.3) is 0 Å². The molecular weight excluding hydrogens is 420 g/mol. The van der Waals surface area contributed by atoms with Gasteiger partial charge in [0.15, 0.2) is 0 Å². The second-order valence-corrected chi connectivity index (χ2v) is 6.97. The van der Waals surface area contributed by atoms with E-state index in [9.17, 15) is 4.39 Å². The molecule has 1 nitrogen and oxygen atoms in total. The lowest BCUT2D eigenvalue weighted by molar-refractivity contribution is 0.558. The highest BCUT2D eigenvalue weighted by Gasteiger charge is 2.20. The van der Waals surface area contributed by atoms with Gasteiger partial charge in [-0.25, -0.2) is 4.39 Å². The molecule has 2 rings (SSSR count). The van der Waals surface area contributed by atoms with Crippen LogP contribution < -0.4 is 5.32 Å². The number of benzene rings is 2. The molecule has 112 valence electrons. The van der Waals surface area contributed by atoms with Gasteiger partial charge in [0.2, 0.25) is 0 Å². The van der Waals surface area contributed by atoms with E-state index in [1.54, 1.807) is 12.1 Å². The summed E-state index contributed by atoms with van der Waals surface area (Å²) in [6.07, 6.45) is 0. The molecule has 0 saturated carbocycles. The van der Waals surface area contributed by atoms with Crippen molar-refractivity contribution in [3.8, 4) is 0 Å². The third kappa shape index (κ3) is 3.86. The molecule has 0 aliphatic heterocycles. The van der Waals surface area contributed by atoms with Crippen LogP contribution in [0.1, 0.15) is 29.7 Å². The minimum absolute atomic E-state index is 0.113. The van der Waals surface area contributed by atoms with Crippen LogP contribution in [0, 0.1) is 12.7 Å². The molecule has 0 aliphatic rings. The molecule has 0 fully saturated rings. The summed E-state index contributed by atoms with van der Waals surface area (Å²) in [5.41, 5.74) is 2.66. The number of nitrogens with one attached hydrogen (secondary N) is 1. The lowest BCUT2D eigenvalue weighted by Gasteiger charge is -2.21. The van der Waals surface area contributed by atoms with Gasteiger partial charge >= 0.3 is 0 Å². The molecule has 0 spiro atoms. The summed E-state index contributed by atoms with van der Waals surface area (Å²) in [5, 5.41) is 3.44. The maximum atomic E-state index is 14.5. The van der Waals surface area contributed by atoms with Crippen LogP contribution in [0.2, 0.25) is 5.02 Å². The summed E-state index contributed by atoms with van der Waals surface area (Å²) in [7, 11) is 0. The Bertz CT molecular complexity index is 641. The number of hydrogen-bond donors (Lipinski definition) is 1. The lowest BCUT2D eigenvalue weighted by atomic mass is 9.97. The van der Waals surface area contributed by atoms with Gasteiger partial charge < -0.3 is 5.32 Å². The van der Waals surface area contributed by atoms with Gasteiger partial charge in [0, 0.05) is 14.5 Å². The quantitative estimate of drug-likeness (QED) is 0.580. The van der Waals surface area contributed by atoms with E-state index in [1.807, 2.05) is 32.0 Å². The fraction of sp³-hybridized carbons (Fsp3) is 0.250. The summed E-state index contributed by atoms with van der Waals surface area (Å²) in [4.78, 5) is 0. The maximum Gasteiger partial charge on any atom is 0.148 e. The molecule has 0 radical (unpaired) electrons. The molecule has 21 heavy (non-hydrogen) atoms.